The SMILES string of the molecule is CCc1ccccc1NC(=O)c1ccc(Nc2cccc(C)c2)cn1. The van der Waals surface area contributed by atoms with E-state index in [1.54, 1.807) is 12.3 Å². The molecular formula is C21H21N3O. The number of rotatable bonds is 5. The van der Waals surface area contributed by atoms with Crippen molar-refractivity contribution < 1.29 is 4.79 Å². The Morgan fingerprint density at radius 1 is 1.00 bits per heavy atom. The molecule has 0 aliphatic heterocycles. The van der Waals surface area contributed by atoms with Crippen LogP contribution in [0.2, 0.25) is 0 Å². The summed E-state index contributed by atoms with van der Waals surface area (Å²) in [6.07, 6.45) is 2.53. The van der Waals surface area contributed by atoms with Gasteiger partial charge in [0, 0.05) is 11.4 Å². The first-order valence-corrected chi connectivity index (χ1v) is 8.34. The Balaban J connectivity index is 1.70. The lowest BCUT2D eigenvalue weighted by Gasteiger charge is -2.10. The third kappa shape index (κ3) is 4.23. The maximum atomic E-state index is 12.4. The molecule has 0 bridgehead atoms. The van der Waals surface area contributed by atoms with Crippen LogP contribution in [0, 0.1) is 6.92 Å². The molecule has 126 valence electrons. The van der Waals surface area contributed by atoms with E-state index in [4.69, 9.17) is 0 Å². The zero-order valence-electron chi connectivity index (χ0n) is 14.4. The van der Waals surface area contributed by atoms with Gasteiger partial charge in [0.25, 0.3) is 5.91 Å². The van der Waals surface area contributed by atoms with E-state index in [1.807, 2.05) is 55.5 Å². The molecule has 0 aliphatic rings. The fourth-order valence-corrected chi connectivity index (χ4v) is 2.63. The number of amides is 1. The van der Waals surface area contributed by atoms with E-state index >= 15 is 0 Å². The maximum Gasteiger partial charge on any atom is 0.274 e. The largest absolute Gasteiger partial charge is 0.354 e. The first-order chi connectivity index (χ1) is 12.2. The van der Waals surface area contributed by atoms with Gasteiger partial charge in [-0.3, -0.25) is 4.79 Å². The predicted molar refractivity (Wildman–Crippen MR) is 102 cm³/mol. The topological polar surface area (TPSA) is 54.0 Å². The van der Waals surface area contributed by atoms with Crippen LogP contribution >= 0.6 is 0 Å². The third-order valence-corrected chi connectivity index (χ3v) is 3.95. The molecule has 4 nitrogen and oxygen atoms in total. The molecule has 0 spiro atoms. The third-order valence-electron chi connectivity index (χ3n) is 3.95. The van der Waals surface area contributed by atoms with Crippen molar-refractivity contribution in [2.75, 3.05) is 10.6 Å². The minimum absolute atomic E-state index is 0.206. The van der Waals surface area contributed by atoms with E-state index in [2.05, 4.69) is 28.6 Å². The summed E-state index contributed by atoms with van der Waals surface area (Å²) < 4.78 is 0. The Kier molecular flexibility index (Phi) is 5.09. The molecule has 3 aromatic rings. The molecule has 4 heteroatoms. The van der Waals surface area contributed by atoms with E-state index < -0.39 is 0 Å². The van der Waals surface area contributed by atoms with Crippen molar-refractivity contribution in [3.63, 3.8) is 0 Å². The van der Waals surface area contributed by atoms with Crippen molar-refractivity contribution in [3.8, 4) is 0 Å². The number of para-hydroxylation sites is 1. The van der Waals surface area contributed by atoms with Crippen LogP contribution in [0.3, 0.4) is 0 Å². The summed E-state index contributed by atoms with van der Waals surface area (Å²) in [5.41, 5.74) is 5.35. The molecule has 3 rings (SSSR count). The first kappa shape index (κ1) is 16.7. The number of nitrogens with one attached hydrogen (secondary N) is 2. The molecule has 0 atom stereocenters. The summed E-state index contributed by atoms with van der Waals surface area (Å²) in [6.45, 7) is 4.11. The lowest BCUT2D eigenvalue weighted by Crippen LogP contribution is -2.14. The van der Waals surface area contributed by atoms with Crippen LogP contribution in [0.15, 0.2) is 66.9 Å². The number of hydrogen-bond acceptors (Lipinski definition) is 3. The summed E-state index contributed by atoms with van der Waals surface area (Å²) in [5, 5.41) is 6.22. The van der Waals surface area contributed by atoms with Gasteiger partial charge in [-0.05, 0) is 54.8 Å². The van der Waals surface area contributed by atoms with E-state index in [-0.39, 0.29) is 5.91 Å². The summed E-state index contributed by atoms with van der Waals surface area (Å²) in [6, 6.07) is 19.5. The monoisotopic (exact) mass is 331 g/mol. The second-order valence-corrected chi connectivity index (χ2v) is 5.89. The molecule has 2 aromatic carbocycles. The number of aryl methyl sites for hydroxylation is 2. The lowest BCUT2D eigenvalue weighted by molar-refractivity contribution is 0.102. The smallest absolute Gasteiger partial charge is 0.274 e. The van der Waals surface area contributed by atoms with Crippen LogP contribution in [-0.4, -0.2) is 10.9 Å². The van der Waals surface area contributed by atoms with Crippen LogP contribution < -0.4 is 10.6 Å². The van der Waals surface area contributed by atoms with Crippen molar-refractivity contribution in [2.45, 2.75) is 20.3 Å². The highest BCUT2D eigenvalue weighted by Crippen LogP contribution is 2.19. The molecular weight excluding hydrogens is 310 g/mol. The first-order valence-electron chi connectivity index (χ1n) is 8.34. The fraction of sp³-hybridized carbons (Fsp3) is 0.143. The molecule has 0 aliphatic carbocycles. The van der Waals surface area contributed by atoms with Crippen LogP contribution in [-0.2, 0) is 6.42 Å². The predicted octanol–water partition coefficient (Wildman–Crippen LogP) is 4.95. The van der Waals surface area contributed by atoms with Crippen molar-refractivity contribution in [1.29, 1.82) is 0 Å². The highest BCUT2D eigenvalue weighted by molar-refractivity contribution is 6.03. The number of aromatic nitrogens is 1. The minimum atomic E-state index is -0.206. The Morgan fingerprint density at radius 3 is 2.56 bits per heavy atom. The zero-order valence-corrected chi connectivity index (χ0v) is 14.4. The number of carbonyl (C=O) groups is 1. The fourth-order valence-electron chi connectivity index (χ4n) is 2.63. The van der Waals surface area contributed by atoms with E-state index in [9.17, 15) is 4.79 Å². The Bertz CT molecular complexity index is 872. The normalized spacial score (nSPS) is 10.3. The zero-order chi connectivity index (χ0) is 17.6. The second-order valence-electron chi connectivity index (χ2n) is 5.89. The maximum absolute atomic E-state index is 12.4. The van der Waals surface area contributed by atoms with Crippen LogP contribution in [0.1, 0.15) is 28.5 Å². The summed E-state index contributed by atoms with van der Waals surface area (Å²) >= 11 is 0. The molecule has 1 aromatic heterocycles. The van der Waals surface area contributed by atoms with Gasteiger partial charge in [0.1, 0.15) is 5.69 Å². The van der Waals surface area contributed by atoms with E-state index in [1.165, 1.54) is 5.56 Å². The van der Waals surface area contributed by atoms with Gasteiger partial charge in [-0.25, -0.2) is 4.98 Å². The van der Waals surface area contributed by atoms with Gasteiger partial charge >= 0.3 is 0 Å². The minimum Gasteiger partial charge on any atom is -0.354 e. The van der Waals surface area contributed by atoms with Crippen LogP contribution in [0.4, 0.5) is 17.1 Å². The molecule has 25 heavy (non-hydrogen) atoms. The second kappa shape index (κ2) is 7.62. The molecule has 0 saturated carbocycles. The molecule has 2 N–H and O–H groups in total. The standard InChI is InChI=1S/C21H21N3O/c1-3-16-8-4-5-10-19(16)24-21(25)20-12-11-18(14-22-20)23-17-9-6-7-15(2)13-17/h4-14,23H,3H2,1-2H3,(H,24,25). The highest BCUT2D eigenvalue weighted by atomic mass is 16.1. The Morgan fingerprint density at radius 2 is 1.84 bits per heavy atom. The highest BCUT2D eigenvalue weighted by Gasteiger charge is 2.09. The van der Waals surface area contributed by atoms with Gasteiger partial charge in [0.05, 0.1) is 11.9 Å². The van der Waals surface area contributed by atoms with E-state index in [0.29, 0.717) is 5.69 Å². The van der Waals surface area contributed by atoms with Crippen molar-refractivity contribution in [3.05, 3.63) is 83.7 Å². The van der Waals surface area contributed by atoms with Crippen LogP contribution in [0.5, 0.6) is 0 Å². The van der Waals surface area contributed by atoms with Crippen molar-refractivity contribution in [2.24, 2.45) is 0 Å². The van der Waals surface area contributed by atoms with E-state index in [0.717, 1.165) is 29.0 Å². The van der Waals surface area contributed by atoms with Gasteiger partial charge in [0.15, 0.2) is 0 Å². The van der Waals surface area contributed by atoms with Gasteiger partial charge < -0.3 is 10.6 Å². The summed E-state index contributed by atoms with van der Waals surface area (Å²) in [4.78, 5) is 16.7. The molecule has 0 fully saturated rings. The van der Waals surface area contributed by atoms with Crippen molar-refractivity contribution >= 4 is 23.0 Å². The summed E-state index contributed by atoms with van der Waals surface area (Å²) in [5.74, 6) is -0.206. The molecule has 1 heterocycles. The molecule has 0 saturated heterocycles. The van der Waals surface area contributed by atoms with Gasteiger partial charge in [-0.2, -0.15) is 0 Å². The lowest BCUT2D eigenvalue weighted by atomic mass is 10.1. The Labute approximate surface area is 147 Å². The number of anilines is 3. The van der Waals surface area contributed by atoms with Gasteiger partial charge in [-0.1, -0.05) is 37.3 Å². The molecule has 1 amide bonds. The number of hydrogen-bond donors (Lipinski definition) is 2. The average Bonchev–Trinajstić information content (AvgIpc) is 2.63. The number of benzene rings is 2. The van der Waals surface area contributed by atoms with Gasteiger partial charge in [-0.15, -0.1) is 0 Å². The molecule has 0 unspecified atom stereocenters. The quantitative estimate of drug-likeness (QED) is 0.695. The van der Waals surface area contributed by atoms with Crippen LogP contribution in [0.25, 0.3) is 0 Å². The van der Waals surface area contributed by atoms with Crippen molar-refractivity contribution in [1.82, 2.24) is 4.98 Å². The van der Waals surface area contributed by atoms with Gasteiger partial charge in [0.2, 0.25) is 0 Å². The number of pyridine rings is 1. The average molecular weight is 331 g/mol. The Hall–Kier alpha value is -3.14. The molecule has 0 radical (unpaired) electrons. The number of carbonyl (C=O) groups excluding carboxylic acids is 1. The summed E-state index contributed by atoms with van der Waals surface area (Å²) in [7, 11) is 0. The number of nitrogens with zero attached hydrogens (tertiary/aromatic N) is 1.